The maximum atomic E-state index is 6.10. The first-order valence-electron chi connectivity index (χ1n) is 20.7. The number of rotatable bonds is 5. The average Bonchev–Trinajstić information content (AvgIpc) is 4.14. The molecule has 0 spiro atoms. The number of likely N-dealkylation sites (N-methyl/N-ethyl adjacent to an activating group) is 1. The van der Waals surface area contributed by atoms with Gasteiger partial charge in [0.1, 0.15) is 17.5 Å². The fourth-order valence-corrected chi connectivity index (χ4v) is 9.05. The van der Waals surface area contributed by atoms with E-state index in [0.29, 0.717) is 12.1 Å². The molecule has 0 bridgehead atoms. The van der Waals surface area contributed by atoms with Crippen LogP contribution in [0.15, 0.2) is 104 Å². The minimum atomic E-state index is 0.449. The number of halogens is 1. The Kier molecular flexibility index (Phi) is 10.4. The van der Waals surface area contributed by atoms with Crippen LogP contribution in [0.2, 0.25) is 5.02 Å². The number of nitrogens with zero attached hydrogens (tertiary/aromatic N) is 5. The molecule has 59 heavy (non-hydrogen) atoms. The maximum absolute atomic E-state index is 6.10. The van der Waals surface area contributed by atoms with Gasteiger partial charge in [-0.25, -0.2) is 15.0 Å². The topological polar surface area (TPSA) is 141 Å². The minimum absolute atomic E-state index is 0.449. The van der Waals surface area contributed by atoms with Gasteiger partial charge in [0, 0.05) is 114 Å². The van der Waals surface area contributed by atoms with Gasteiger partial charge in [-0.3, -0.25) is 0 Å². The molecule has 3 aliphatic rings. The summed E-state index contributed by atoms with van der Waals surface area (Å²) in [5.41, 5.74) is 6.55. The smallest absolute Gasteiger partial charge is 0.138 e. The lowest BCUT2D eigenvalue weighted by molar-refractivity contribution is 0.587. The Morgan fingerprint density at radius 3 is 1.81 bits per heavy atom. The van der Waals surface area contributed by atoms with Crippen LogP contribution in [-0.4, -0.2) is 101 Å². The van der Waals surface area contributed by atoms with Gasteiger partial charge in [0.05, 0.1) is 33.1 Å². The monoisotopic (exact) mass is 804 g/mol. The van der Waals surface area contributed by atoms with Gasteiger partial charge >= 0.3 is 0 Å². The lowest BCUT2D eigenvalue weighted by Crippen LogP contribution is -2.43. The first-order valence-corrected chi connectivity index (χ1v) is 21.1. The third-order valence-electron chi connectivity index (χ3n) is 12.0. The molecule has 6 aromatic heterocycles. The molecule has 3 fully saturated rings. The molecule has 3 aromatic carbocycles. The van der Waals surface area contributed by atoms with Crippen molar-refractivity contribution in [2.24, 2.45) is 0 Å². The van der Waals surface area contributed by atoms with Gasteiger partial charge in [-0.2, -0.15) is 0 Å². The molecule has 3 saturated heterocycles. The summed E-state index contributed by atoms with van der Waals surface area (Å²) in [6.07, 6.45) is 8.27. The number of aromatic nitrogens is 6. The molecule has 13 heteroatoms. The van der Waals surface area contributed by atoms with Crippen molar-refractivity contribution in [3.8, 4) is 0 Å². The van der Waals surface area contributed by atoms with Crippen LogP contribution in [0.4, 0.5) is 17.5 Å². The zero-order chi connectivity index (χ0) is 39.7. The molecule has 7 N–H and O–H groups in total. The van der Waals surface area contributed by atoms with E-state index in [9.17, 15) is 0 Å². The summed E-state index contributed by atoms with van der Waals surface area (Å²) >= 11 is 6.10. The number of hydrogen-bond acceptors (Lipinski definition) is 9. The predicted molar refractivity (Wildman–Crippen MR) is 245 cm³/mol. The molecule has 300 valence electrons. The van der Waals surface area contributed by atoms with Crippen molar-refractivity contribution in [3.05, 3.63) is 109 Å². The van der Waals surface area contributed by atoms with Crippen LogP contribution in [0.1, 0.15) is 12.8 Å². The molecular weight excluding hydrogens is 756 g/mol. The summed E-state index contributed by atoms with van der Waals surface area (Å²) in [5.74, 6) is 3.17. The minimum Gasteiger partial charge on any atom is -0.365 e. The molecule has 2 atom stereocenters. The zero-order valence-corrected chi connectivity index (χ0v) is 33.9. The number of pyridine rings is 3. The largest absolute Gasteiger partial charge is 0.365 e. The van der Waals surface area contributed by atoms with E-state index in [2.05, 4.69) is 101 Å². The first kappa shape index (κ1) is 37.4. The van der Waals surface area contributed by atoms with Crippen LogP contribution in [0.25, 0.3) is 65.4 Å². The first-order chi connectivity index (χ1) is 29.1. The highest BCUT2D eigenvalue weighted by molar-refractivity contribution is 6.31. The SMILES string of the molecule is CNC1CCN(c2nc3ccccc3c3[nH]ccc23)C1.Clc1ccc2nc(NC3CCNC3)c3cc[nH]c3c2c1.c1ccc2c(c1)nc(N1CCNCC1)c1cc[nH]c12. The molecule has 0 saturated carbocycles. The summed E-state index contributed by atoms with van der Waals surface area (Å²) in [6, 6.07) is 29.8. The highest BCUT2D eigenvalue weighted by Crippen LogP contribution is 2.34. The Morgan fingerprint density at radius 2 is 1.19 bits per heavy atom. The van der Waals surface area contributed by atoms with E-state index in [1.807, 2.05) is 56.0 Å². The molecule has 9 heterocycles. The Balaban J connectivity index is 0.000000107. The van der Waals surface area contributed by atoms with Crippen LogP contribution >= 0.6 is 11.6 Å². The molecule has 12 nitrogen and oxygen atoms in total. The standard InChI is InChI=1S/C16H18N4.C15H15ClN4.C15H16N4/c1-17-11-7-9-20(10-11)16-13-6-8-18-15(13)12-4-2-3-5-14(12)19-16;16-9-1-2-13-12(7-9)14-11(4-6-18-14)15(20-13)19-10-3-5-17-8-10;1-2-4-13-11(3-1)14-12(5-6-17-14)15(18-13)19-9-7-16-8-10-19/h2-6,8,11,17-18H,7,9-10H2,1H3;1-2,4,6-7,10,17-18H,3,5,8H2,(H,19,20);1-6,16-17H,7-10H2. The maximum Gasteiger partial charge on any atom is 0.138 e. The molecule has 0 amide bonds. The number of piperazine rings is 1. The van der Waals surface area contributed by atoms with Gasteiger partial charge in [-0.1, -0.05) is 48.0 Å². The zero-order valence-electron chi connectivity index (χ0n) is 33.2. The number of H-pyrrole nitrogens is 3. The van der Waals surface area contributed by atoms with Crippen molar-refractivity contribution in [1.82, 2.24) is 45.9 Å². The Morgan fingerprint density at radius 1 is 0.576 bits per heavy atom. The summed E-state index contributed by atoms with van der Waals surface area (Å²) < 4.78 is 0. The van der Waals surface area contributed by atoms with E-state index < -0.39 is 0 Å². The fourth-order valence-electron chi connectivity index (χ4n) is 8.88. The van der Waals surface area contributed by atoms with E-state index in [-0.39, 0.29) is 0 Å². The van der Waals surface area contributed by atoms with Crippen molar-refractivity contribution in [1.29, 1.82) is 0 Å². The van der Waals surface area contributed by atoms with Gasteiger partial charge < -0.3 is 46.0 Å². The highest BCUT2D eigenvalue weighted by Gasteiger charge is 2.25. The number of fused-ring (bicyclic) bond motifs is 9. The summed E-state index contributed by atoms with van der Waals surface area (Å²) in [4.78, 5) is 29.3. The Bertz CT molecular complexity index is 2890. The second-order valence-corrected chi connectivity index (χ2v) is 16.1. The molecule has 0 radical (unpaired) electrons. The van der Waals surface area contributed by atoms with Crippen molar-refractivity contribution >= 4 is 94.5 Å². The molecule has 0 aliphatic carbocycles. The normalized spacial score (nSPS) is 18.2. The third kappa shape index (κ3) is 7.38. The molecule has 12 rings (SSSR count). The van der Waals surface area contributed by atoms with Crippen molar-refractivity contribution < 1.29 is 0 Å². The second-order valence-electron chi connectivity index (χ2n) is 15.6. The van der Waals surface area contributed by atoms with E-state index in [1.165, 1.54) is 39.0 Å². The Labute approximate surface area is 347 Å². The number of hydrogen-bond donors (Lipinski definition) is 7. The lowest BCUT2D eigenvalue weighted by Gasteiger charge is -2.29. The van der Waals surface area contributed by atoms with Crippen molar-refractivity contribution in [3.63, 3.8) is 0 Å². The van der Waals surface area contributed by atoms with E-state index >= 15 is 0 Å². The van der Waals surface area contributed by atoms with Crippen LogP contribution < -0.4 is 31.1 Å². The quantitative estimate of drug-likeness (QED) is 0.0930. The van der Waals surface area contributed by atoms with Crippen molar-refractivity contribution in [2.75, 3.05) is 74.5 Å². The van der Waals surface area contributed by atoms with E-state index in [0.717, 1.165) is 114 Å². The summed E-state index contributed by atoms with van der Waals surface area (Å²) in [6.45, 7) is 8.25. The van der Waals surface area contributed by atoms with E-state index in [4.69, 9.17) is 26.6 Å². The van der Waals surface area contributed by atoms with Gasteiger partial charge in [0.25, 0.3) is 0 Å². The van der Waals surface area contributed by atoms with Crippen LogP contribution in [0, 0.1) is 0 Å². The molecule has 3 aliphatic heterocycles. The van der Waals surface area contributed by atoms with Crippen LogP contribution in [0.3, 0.4) is 0 Å². The van der Waals surface area contributed by atoms with Gasteiger partial charge in [0.2, 0.25) is 0 Å². The molecule has 9 aromatic rings. The van der Waals surface area contributed by atoms with Crippen molar-refractivity contribution in [2.45, 2.75) is 24.9 Å². The Hall–Kier alpha value is -5.92. The third-order valence-corrected chi connectivity index (χ3v) is 12.2. The molecule has 2 unspecified atom stereocenters. The van der Waals surface area contributed by atoms with Gasteiger partial charge in [0.15, 0.2) is 0 Å². The highest BCUT2D eigenvalue weighted by atomic mass is 35.5. The predicted octanol–water partition coefficient (Wildman–Crippen LogP) is 7.78. The molecular formula is C46H49ClN12. The number of para-hydroxylation sites is 2. The lowest BCUT2D eigenvalue weighted by atomic mass is 10.1. The van der Waals surface area contributed by atoms with Crippen LogP contribution in [0.5, 0.6) is 0 Å². The number of nitrogens with one attached hydrogen (secondary N) is 7. The number of benzene rings is 3. The summed E-state index contributed by atoms with van der Waals surface area (Å²) in [7, 11) is 2.04. The van der Waals surface area contributed by atoms with Crippen LogP contribution in [-0.2, 0) is 0 Å². The second kappa shape index (κ2) is 16.4. The van der Waals surface area contributed by atoms with Gasteiger partial charge in [-0.15, -0.1) is 0 Å². The number of anilines is 3. The van der Waals surface area contributed by atoms with E-state index in [1.54, 1.807) is 0 Å². The fraction of sp³-hybridized carbons (Fsp3) is 0.283. The number of aromatic amines is 3. The average molecular weight is 805 g/mol. The van der Waals surface area contributed by atoms with Gasteiger partial charge in [-0.05, 0) is 75.0 Å². The summed E-state index contributed by atoms with van der Waals surface area (Å²) in [5, 5.41) is 21.4.